The molecule has 4 heteroatoms. The van der Waals surface area contributed by atoms with E-state index in [0.717, 1.165) is 35.9 Å². The van der Waals surface area contributed by atoms with E-state index in [4.69, 9.17) is 17.3 Å². The van der Waals surface area contributed by atoms with E-state index < -0.39 is 0 Å². The number of aryl methyl sites for hydroxylation is 2. The van der Waals surface area contributed by atoms with Crippen LogP contribution in [0.5, 0.6) is 0 Å². The van der Waals surface area contributed by atoms with Gasteiger partial charge in [0.15, 0.2) is 0 Å². The normalized spacial score (nSPS) is 15.1. The van der Waals surface area contributed by atoms with Crippen LogP contribution in [0.1, 0.15) is 32.2 Å². The Hall–Kier alpha value is -0.540. The predicted octanol–water partition coefficient (Wildman–Crippen LogP) is 2.64. The Labute approximate surface area is 103 Å². The standard InChI is InChI=1S/C12H22ClN3/c1-5-16-11(12(13)10(4)15-16)6-8(2)9(3)7-14/h8-9H,5-7,14H2,1-4H3. The summed E-state index contributed by atoms with van der Waals surface area (Å²) < 4.78 is 2.00. The summed E-state index contributed by atoms with van der Waals surface area (Å²) in [6.07, 6.45) is 0.950. The van der Waals surface area contributed by atoms with Gasteiger partial charge >= 0.3 is 0 Å². The molecule has 0 aliphatic carbocycles. The van der Waals surface area contributed by atoms with Crippen LogP contribution in [0.25, 0.3) is 0 Å². The predicted molar refractivity (Wildman–Crippen MR) is 68.7 cm³/mol. The van der Waals surface area contributed by atoms with Crippen LogP contribution in [0.3, 0.4) is 0 Å². The zero-order valence-corrected chi connectivity index (χ0v) is 11.4. The minimum atomic E-state index is 0.511. The first-order valence-electron chi connectivity index (χ1n) is 5.93. The summed E-state index contributed by atoms with van der Waals surface area (Å²) in [5.74, 6) is 1.04. The molecule has 3 nitrogen and oxygen atoms in total. The van der Waals surface area contributed by atoms with Gasteiger partial charge in [0.2, 0.25) is 0 Å². The fraction of sp³-hybridized carbons (Fsp3) is 0.750. The van der Waals surface area contributed by atoms with E-state index >= 15 is 0 Å². The SMILES string of the molecule is CCn1nc(C)c(Cl)c1CC(C)C(C)CN. The average molecular weight is 244 g/mol. The summed E-state index contributed by atoms with van der Waals surface area (Å²) >= 11 is 6.27. The summed E-state index contributed by atoms with van der Waals surface area (Å²) in [6.45, 7) is 10.0. The lowest BCUT2D eigenvalue weighted by atomic mass is 9.91. The van der Waals surface area contributed by atoms with Crippen LogP contribution in [0.4, 0.5) is 0 Å². The van der Waals surface area contributed by atoms with Crippen molar-refractivity contribution in [2.45, 2.75) is 40.7 Å². The molecule has 1 rings (SSSR count). The van der Waals surface area contributed by atoms with Gasteiger partial charge in [0.25, 0.3) is 0 Å². The molecule has 0 aliphatic rings. The van der Waals surface area contributed by atoms with E-state index in [1.807, 2.05) is 11.6 Å². The first-order valence-corrected chi connectivity index (χ1v) is 6.30. The van der Waals surface area contributed by atoms with Gasteiger partial charge in [0, 0.05) is 6.54 Å². The van der Waals surface area contributed by atoms with Crippen LogP contribution in [-0.2, 0) is 13.0 Å². The maximum atomic E-state index is 6.27. The number of hydrogen-bond donors (Lipinski definition) is 1. The third kappa shape index (κ3) is 2.77. The summed E-state index contributed by atoms with van der Waals surface area (Å²) in [7, 11) is 0. The van der Waals surface area contributed by atoms with Crippen LogP contribution in [0.15, 0.2) is 0 Å². The molecule has 0 fully saturated rings. The Morgan fingerprint density at radius 1 is 1.38 bits per heavy atom. The van der Waals surface area contributed by atoms with E-state index in [1.54, 1.807) is 0 Å². The molecule has 1 heterocycles. The largest absolute Gasteiger partial charge is 0.330 e. The molecule has 0 radical (unpaired) electrons. The second-order valence-corrected chi connectivity index (χ2v) is 4.93. The van der Waals surface area contributed by atoms with Crippen molar-refractivity contribution in [2.75, 3.05) is 6.54 Å². The molecule has 1 aromatic heterocycles. The Balaban J connectivity index is 2.87. The van der Waals surface area contributed by atoms with E-state index in [1.165, 1.54) is 0 Å². The second kappa shape index (κ2) is 5.69. The smallest absolute Gasteiger partial charge is 0.0847 e. The molecule has 2 atom stereocenters. The Morgan fingerprint density at radius 2 is 2.00 bits per heavy atom. The molecule has 92 valence electrons. The zero-order valence-electron chi connectivity index (χ0n) is 10.6. The summed E-state index contributed by atoms with van der Waals surface area (Å²) in [5, 5.41) is 5.24. The zero-order chi connectivity index (χ0) is 12.3. The third-order valence-electron chi connectivity index (χ3n) is 3.31. The van der Waals surface area contributed by atoms with E-state index in [0.29, 0.717) is 11.8 Å². The number of hydrogen-bond acceptors (Lipinski definition) is 2. The molecular weight excluding hydrogens is 222 g/mol. The molecule has 2 N–H and O–H groups in total. The van der Waals surface area contributed by atoms with Crippen molar-refractivity contribution in [3.05, 3.63) is 16.4 Å². The van der Waals surface area contributed by atoms with Gasteiger partial charge < -0.3 is 5.73 Å². The summed E-state index contributed by atoms with van der Waals surface area (Å²) in [4.78, 5) is 0. The first-order chi connectivity index (χ1) is 7.51. The quantitative estimate of drug-likeness (QED) is 0.864. The van der Waals surface area contributed by atoms with Gasteiger partial charge in [-0.2, -0.15) is 5.10 Å². The minimum absolute atomic E-state index is 0.511. The molecule has 0 aliphatic heterocycles. The Bertz CT molecular complexity index is 346. The van der Waals surface area contributed by atoms with Crippen molar-refractivity contribution in [3.63, 3.8) is 0 Å². The Morgan fingerprint density at radius 3 is 2.50 bits per heavy atom. The van der Waals surface area contributed by atoms with Crippen LogP contribution < -0.4 is 5.73 Å². The van der Waals surface area contributed by atoms with Gasteiger partial charge in [0.1, 0.15) is 0 Å². The lowest BCUT2D eigenvalue weighted by Gasteiger charge is -2.18. The Kier molecular flexibility index (Phi) is 4.81. The molecule has 0 saturated carbocycles. The van der Waals surface area contributed by atoms with Crippen molar-refractivity contribution in [1.29, 1.82) is 0 Å². The van der Waals surface area contributed by atoms with E-state index in [9.17, 15) is 0 Å². The molecule has 0 bridgehead atoms. The lowest BCUT2D eigenvalue weighted by Crippen LogP contribution is -2.21. The maximum Gasteiger partial charge on any atom is 0.0847 e. The highest BCUT2D eigenvalue weighted by Gasteiger charge is 2.18. The number of nitrogens with two attached hydrogens (primary N) is 1. The minimum Gasteiger partial charge on any atom is -0.330 e. The van der Waals surface area contributed by atoms with Gasteiger partial charge in [-0.25, -0.2) is 0 Å². The van der Waals surface area contributed by atoms with E-state index in [-0.39, 0.29) is 0 Å². The van der Waals surface area contributed by atoms with Crippen molar-refractivity contribution in [2.24, 2.45) is 17.6 Å². The van der Waals surface area contributed by atoms with E-state index in [2.05, 4.69) is 25.9 Å². The fourth-order valence-corrected chi connectivity index (χ4v) is 2.01. The van der Waals surface area contributed by atoms with Crippen LogP contribution in [-0.4, -0.2) is 16.3 Å². The van der Waals surface area contributed by atoms with Gasteiger partial charge in [0.05, 0.1) is 16.4 Å². The molecule has 1 aromatic rings. The third-order valence-corrected chi connectivity index (χ3v) is 3.80. The monoisotopic (exact) mass is 243 g/mol. The van der Waals surface area contributed by atoms with Gasteiger partial charge in [-0.05, 0) is 38.6 Å². The summed E-state index contributed by atoms with van der Waals surface area (Å²) in [5.41, 5.74) is 7.75. The number of aromatic nitrogens is 2. The maximum absolute atomic E-state index is 6.27. The molecule has 16 heavy (non-hydrogen) atoms. The van der Waals surface area contributed by atoms with Gasteiger partial charge in [-0.3, -0.25) is 4.68 Å². The van der Waals surface area contributed by atoms with Crippen LogP contribution >= 0.6 is 11.6 Å². The summed E-state index contributed by atoms with van der Waals surface area (Å²) in [6, 6.07) is 0. The average Bonchev–Trinajstić information content (AvgIpc) is 2.55. The molecule has 0 spiro atoms. The number of nitrogens with zero attached hydrogens (tertiary/aromatic N) is 2. The van der Waals surface area contributed by atoms with Crippen molar-refractivity contribution in [3.8, 4) is 0 Å². The highest BCUT2D eigenvalue weighted by molar-refractivity contribution is 6.31. The van der Waals surface area contributed by atoms with Crippen molar-refractivity contribution < 1.29 is 0 Å². The van der Waals surface area contributed by atoms with Gasteiger partial charge in [-0.1, -0.05) is 25.4 Å². The van der Waals surface area contributed by atoms with Crippen molar-refractivity contribution >= 4 is 11.6 Å². The molecule has 0 aromatic carbocycles. The fourth-order valence-electron chi connectivity index (χ4n) is 1.80. The number of halogens is 1. The van der Waals surface area contributed by atoms with Crippen LogP contribution in [0.2, 0.25) is 5.02 Å². The van der Waals surface area contributed by atoms with Crippen molar-refractivity contribution in [1.82, 2.24) is 9.78 Å². The van der Waals surface area contributed by atoms with Gasteiger partial charge in [-0.15, -0.1) is 0 Å². The topological polar surface area (TPSA) is 43.8 Å². The number of rotatable bonds is 5. The first kappa shape index (κ1) is 13.5. The molecule has 0 amide bonds. The second-order valence-electron chi connectivity index (χ2n) is 4.56. The molecule has 0 saturated heterocycles. The highest BCUT2D eigenvalue weighted by Crippen LogP contribution is 2.25. The molecule has 2 unspecified atom stereocenters. The lowest BCUT2D eigenvalue weighted by molar-refractivity contribution is 0.383. The van der Waals surface area contributed by atoms with Crippen LogP contribution in [0, 0.1) is 18.8 Å². The molecular formula is C12H22ClN3. The highest BCUT2D eigenvalue weighted by atomic mass is 35.5.